The van der Waals surface area contributed by atoms with Gasteiger partial charge in [-0.3, -0.25) is 29.0 Å². The van der Waals surface area contributed by atoms with E-state index in [1.54, 1.807) is 36.4 Å². The highest BCUT2D eigenvalue weighted by Gasteiger charge is 2.62. The summed E-state index contributed by atoms with van der Waals surface area (Å²) in [6.07, 6.45) is 2.60. The van der Waals surface area contributed by atoms with Crippen LogP contribution in [0.5, 0.6) is 11.5 Å². The van der Waals surface area contributed by atoms with E-state index >= 15 is 0 Å². The molecule has 6 atom stereocenters. The highest BCUT2D eigenvalue weighted by molar-refractivity contribution is 6.24. The SMILES string of the molecule is COc1cc(C2C3=CCC4C(=O)N(c5ccc(Nc6ccccc6)cc5)C(=O)C4C3CC3C(=O)N(c4ccc(Nc5ccccc5)cc4)C(=O)C32)ccc1O. The number of carbonyl (C=O) groups is 4. The van der Waals surface area contributed by atoms with Gasteiger partial charge in [0, 0.05) is 28.7 Å². The van der Waals surface area contributed by atoms with Crippen LogP contribution in [0.15, 0.2) is 139 Å². The van der Waals surface area contributed by atoms with Crippen molar-refractivity contribution < 1.29 is 29.0 Å². The maximum Gasteiger partial charge on any atom is 0.238 e. The Balaban J connectivity index is 1.05. The van der Waals surface area contributed by atoms with E-state index in [0.29, 0.717) is 23.4 Å². The lowest BCUT2D eigenvalue weighted by Gasteiger charge is -2.44. The molecule has 0 bridgehead atoms. The van der Waals surface area contributed by atoms with Crippen LogP contribution in [-0.2, 0) is 19.2 Å². The molecule has 10 nitrogen and oxygen atoms in total. The van der Waals surface area contributed by atoms with Crippen molar-refractivity contribution in [3.63, 3.8) is 0 Å². The number of benzene rings is 5. The number of aromatic hydroxyl groups is 1. The number of nitrogens with one attached hydrogen (secondary N) is 2. The second-order valence-corrected chi connectivity index (χ2v) is 14.6. The number of allylic oxidation sites excluding steroid dienone is 2. The third-order valence-corrected chi connectivity index (χ3v) is 11.6. The van der Waals surface area contributed by atoms with Crippen LogP contribution in [0.3, 0.4) is 0 Å². The van der Waals surface area contributed by atoms with Crippen LogP contribution in [0.25, 0.3) is 0 Å². The van der Waals surface area contributed by atoms with Gasteiger partial charge in [-0.25, -0.2) is 0 Å². The second-order valence-electron chi connectivity index (χ2n) is 14.6. The van der Waals surface area contributed by atoms with Crippen molar-refractivity contribution in [2.24, 2.45) is 29.6 Å². The summed E-state index contributed by atoms with van der Waals surface area (Å²) in [6.45, 7) is 0. The molecule has 4 aliphatic rings. The molecule has 10 heteroatoms. The predicted molar refractivity (Wildman–Crippen MR) is 209 cm³/mol. The van der Waals surface area contributed by atoms with Crippen LogP contribution in [0.4, 0.5) is 34.1 Å². The highest BCUT2D eigenvalue weighted by Crippen LogP contribution is 2.59. The fraction of sp³-hybridized carbons (Fsp3) is 0.200. The van der Waals surface area contributed by atoms with E-state index in [1.807, 2.05) is 91.0 Å². The van der Waals surface area contributed by atoms with E-state index < -0.39 is 35.5 Å². The third-order valence-electron chi connectivity index (χ3n) is 11.6. The quantitative estimate of drug-likeness (QED) is 0.109. The summed E-state index contributed by atoms with van der Waals surface area (Å²) in [5.74, 6) is -4.85. The van der Waals surface area contributed by atoms with Crippen molar-refractivity contribution in [2.75, 3.05) is 27.5 Å². The molecule has 55 heavy (non-hydrogen) atoms. The van der Waals surface area contributed by atoms with E-state index in [1.165, 1.54) is 23.0 Å². The summed E-state index contributed by atoms with van der Waals surface area (Å²) in [6, 6.07) is 38.8. The molecule has 274 valence electrons. The number of phenols is 1. The van der Waals surface area contributed by atoms with Crippen molar-refractivity contribution >= 4 is 57.8 Å². The molecule has 0 aromatic heterocycles. The summed E-state index contributed by atoms with van der Waals surface area (Å²) in [5, 5.41) is 17.2. The Hall–Kier alpha value is -6.68. The van der Waals surface area contributed by atoms with Crippen molar-refractivity contribution in [1.82, 2.24) is 0 Å². The molecular weight excluding hydrogens is 693 g/mol. The molecule has 3 fully saturated rings. The molecule has 3 N–H and O–H groups in total. The van der Waals surface area contributed by atoms with Gasteiger partial charge in [0.15, 0.2) is 11.5 Å². The molecule has 5 aromatic rings. The molecule has 6 unspecified atom stereocenters. The molecule has 2 saturated heterocycles. The minimum Gasteiger partial charge on any atom is -0.504 e. The number of hydrogen-bond acceptors (Lipinski definition) is 8. The number of ether oxygens (including phenoxy) is 1. The minimum absolute atomic E-state index is 0.0512. The van der Waals surface area contributed by atoms with Crippen LogP contribution >= 0.6 is 0 Å². The molecule has 2 aliphatic carbocycles. The van der Waals surface area contributed by atoms with E-state index in [4.69, 9.17) is 4.74 Å². The Morgan fingerprint density at radius 3 is 1.64 bits per heavy atom. The van der Waals surface area contributed by atoms with Gasteiger partial charge in [-0.2, -0.15) is 0 Å². The van der Waals surface area contributed by atoms with E-state index in [9.17, 15) is 24.3 Å². The molecule has 9 rings (SSSR count). The van der Waals surface area contributed by atoms with Gasteiger partial charge in [0.1, 0.15) is 0 Å². The lowest BCUT2D eigenvalue weighted by atomic mass is 9.57. The first-order valence-corrected chi connectivity index (χ1v) is 18.5. The van der Waals surface area contributed by atoms with Crippen molar-refractivity contribution in [2.45, 2.75) is 18.8 Å². The first-order valence-electron chi connectivity index (χ1n) is 18.5. The van der Waals surface area contributed by atoms with Gasteiger partial charge < -0.3 is 20.5 Å². The number of anilines is 6. The number of rotatable bonds is 8. The maximum absolute atomic E-state index is 14.6. The van der Waals surface area contributed by atoms with E-state index in [-0.39, 0.29) is 41.5 Å². The number of para-hydroxylation sites is 2. The lowest BCUT2D eigenvalue weighted by Crippen LogP contribution is -2.43. The molecule has 0 spiro atoms. The Labute approximate surface area is 318 Å². The predicted octanol–water partition coefficient (Wildman–Crippen LogP) is 7.93. The maximum atomic E-state index is 14.6. The summed E-state index contributed by atoms with van der Waals surface area (Å²) < 4.78 is 5.47. The zero-order valence-corrected chi connectivity index (χ0v) is 30.0. The Kier molecular flexibility index (Phi) is 8.45. The van der Waals surface area contributed by atoms with Gasteiger partial charge in [-0.05, 0) is 109 Å². The number of hydrogen-bond donors (Lipinski definition) is 3. The van der Waals surface area contributed by atoms with Crippen LogP contribution in [-0.4, -0.2) is 35.8 Å². The van der Waals surface area contributed by atoms with Gasteiger partial charge >= 0.3 is 0 Å². The van der Waals surface area contributed by atoms with Crippen LogP contribution < -0.4 is 25.2 Å². The monoisotopic (exact) mass is 730 g/mol. The Bertz CT molecular complexity index is 2350. The van der Waals surface area contributed by atoms with Gasteiger partial charge in [0.25, 0.3) is 0 Å². The van der Waals surface area contributed by atoms with Gasteiger partial charge in [0.2, 0.25) is 23.6 Å². The molecule has 0 radical (unpaired) electrons. The fourth-order valence-corrected chi connectivity index (χ4v) is 9.12. The Morgan fingerprint density at radius 2 is 1.09 bits per heavy atom. The van der Waals surface area contributed by atoms with Crippen molar-refractivity contribution in [3.05, 3.63) is 145 Å². The molecular formula is C45H38N4O6. The minimum atomic E-state index is -0.754. The van der Waals surface area contributed by atoms with Crippen LogP contribution in [0.2, 0.25) is 0 Å². The largest absolute Gasteiger partial charge is 0.504 e. The highest BCUT2D eigenvalue weighted by atomic mass is 16.5. The zero-order chi connectivity index (χ0) is 37.8. The molecule has 1 saturated carbocycles. The van der Waals surface area contributed by atoms with Gasteiger partial charge in [-0.1, -0.05) is 54.1 Å². The normalized spacial score (nSPS) is 24.2. The fourth-order valence-electron chi connectivity index (χ4n) is 9.12. The first kappa shape index (κ1) is 34.1. The number of amides is 4. The number of imide groups is 2. The standard InChI is InChI=1S/C45H38N4O6/c1-55-38-24-26(12-23-37(38)50)39-33-21-22-34-40(44(53)48(42(34)51)31-17-13-29(14-18-31)46-27-8-4-2-5-9-27)35(33)25-36-41(39)45(54)49(43(36)52)32-19-15-30(16-20-32)47-28-10-6-3-7-11-28/h2-21,23-24,34-36,39-41,46-47,50H,22,25H2,1H3. The Morgan fingerprint density at radius 1 is 0.582 bits per heavy atom. The number of nitrogens with zero attached hydrogens (tertiary/aromatic N) is 2. The number of methoxy groups -OCH3 is 1. The topological polar surface area (TPSA) is 128 Å². The summed E-state index contributed by atoms with van der Waals surface area (Å²) in [4.78, 5) is 60.2. The van der Waals surface area contributed by atoms with Crippen molar-refractivity contribution in [1.29, 1.82) is 0 Å². The molecule has 5 aromatic carbocycles. The smallest absolute Gasteiger partial charge is 0.238 e. The number of phenolic OH excluding ortho intramolecular Hbond substituents is 1. The average molecular weight is 731 g/mol. The third kappa shape index (κ3) is 5.81. The zero-order valence-electron chi connectivity index (χ0n) is 30.0. The van der Waals surface area contributed by atoms with E-state index in [2.05, 4.69) is 10.6 Å². The second kappa shape index (κ2) is 13.6. The molecule has 4 amide bonds. The lowest BCUT2D eigenvalue weighted by molar-refractivity contribution is -0.126. The number of carbonyl (C=O) groups excluding carboxylic acids is 4. The molecule has 2 aliphatic heterocycles. The molecule has 2 heterocycles. The van der Waals surface area contributed by atoms with E-state index in [0.717, 1.165) is 28.3 Å². The van der Waals surface area contributed by atoms with Gasteiger partial charge in [0.05, 0.1) is 42.2 Å². The van der Waals surface area contributed by atoms with Crippen LogP contribution in [0, 0.1) is 29.6 Å². The van der Waals surface area contributed by atoms with Crippen molar-refractivity contribution in [3.8, 4) is 11.5 Å². The van der Waals surface area contributed by atoms with Gasteiger partial charge in [-0.15, -0.1) is 0 Å². The average Bonchev–Trinajstić information content (AvgIpc) is 3.62. The summed E-state index contributed by atoms with van der Waals surface area (Å²) in [7, 11) is 1.46. The summed E-state index contributed by atoms with van der Waals surface area (Å²) in [5.41, 5.74) is 5.96. The first-order chi connectivity index (χ1) is 26.8. The summed E-state index contributed by atoms with van der Waals surface area (Å²) >= 11 is 0. The van der Waals surface area contributed by atoms with Crippen LogP contribution in [0.1, 0.15) is 24.3 Å². The number of fused-ring (bicyclic) bond motifs is 4.